The van der Waals surface area contributed by atoms with Gasteiger partial charge in [0.25, 0.3) is 0 Å². The molecule has 1 aromatic carbocycles. The number of nitrogens with one attached hydrogen (secondary N) is 1. The molecule has 1 heterocycles. The lowest BCUT2D eigenvalue weighted by atomic mass is 9.94. The molecular weight excluding hydrogens is 266 g/mol. The summed E-state index contributed by atoms with van der Waals surface area (Å²) < 4.78 is 5.43. The van der Waals surface area contributed by atoms with Crippen molar-refractivity contribution in [3.8, 4) is 6.07 Å². The third-order valence-corrected chi connectivity index (χ3v) is 3.67. The Labute approximate surface area is 125 Å². The number of amides is 1. The molecule has 1 saturated heterocycles. The first kappa shape index (κ1) is 15.3. The number of carbonyl (C=O) groups excluding carboxylic acids is 1. The number of nitrogens with zero attached hydrogens (tertiary/aromatic N) is 2. The molecule has 21 heavy (non-hydrogen) atoms. The summed E-state index contributed by atoms with van der Waals surface area (Å²) in [5.74, 6) is -0.294. The van der Waals surface area contributed by atoms with E-state index in [1.807, 2.05) is 30.3 Å². The van der Waals surface area contributed by atoms with Gasteiger partial charge in [-0.25, -0.2) is 0 Å². The summed E-state index contributed by atoms with van der Waals surface area (Å²) in [5, 5.41) is 11.7. The fraction of sp³-hybridized carbons (Fsp3) is 0.500. The standard InChI is InChI=1S/C16H21N3O2/c1-12-10-21-9-8-19(12)14-6-4-13(5-7-14)18-15(20)16(2,3)11-17/h4-7,12H,8-10H2,1-3H3,(H,18,20). The van der Waals surface area contributed by atoms with Gasteiger partial charge >= 0.3 is 0 Å². The summed E-state index contributed by atoms with van der Waals surface area (Å²) >= 11 is 0. The number of carbonyl (C=O) groups is 1. The number of ether oxygens (including phenoxy) is 1. The number of rotatable bonds is 3. The van der Waals surface area contributed by atoms with Crippen molar-refractivity contribution < 1.29 is 9.53 Å². The van der Waals surface area contributed by atoms with Crippen molar-refractivity contribution in [3.05, 3.63) is 24.3 Å². The maximum atomic E-state index is 11.9. The van der Waals surface area contributed by atoms with Crippen LogP contribution in [0.15, 0.2) is 24.3 Å². The lowest BCUT2D eigenvalue weighted by Gasteiger charge is -2.35. The van der Waals surface area contributed by atoms with E-state index in [0.29, 0.717) is 11.7 Å². The fourth-order valence-corrected chi connectivity index (χ4v) is 2.19. The third kappa shape index (κ3) is 3.53. The normalized spacial score (nSPS) is 19.0. The molecule has 0 aromatic heterocycles. The molecule has 1 aromatic rings. The lowest BCUT2D eigenvalue weighted by Crippen LogP contribution is -2.43. The second-order valence-electron chi connectivity index (χ2n) is 5.86. The first-order valence-electron chi connectivity index (χ1n) is 7.11. The van der Waals surface area contributed by atoms with Crippen molar-refractivity contribution in [1.29, 1.82) is 5.26 Å². The van der Waals surface area contributed by atoms with Crippen LogP contribution in [0.5, 0.6) is 0 Å². The Morgan fingerprint density at radius 3 is 2.67 bits per heavy atom. The zero-order valence-electron chi connectivity index (χ0n) is 12.7. The van der Waals surface area contributed by atoms with Crippen molar-refractivity contribution in [2.45, 2.75) is 26.8 Å². The second kappa shape index (κ2) is 6.15. The van der Waals surface area contributed by atoms with Crippen LogP contribution in [0.4, 0.5) is 11.4 Å². The van der Waals surface area contributed by atoms with Gasteiger partial charge in [0.2, 0.25) is 5.91 Å². The minimum Gasteiger partial charge on any atom is -0.377 e. The zero-order chi connectivity index (χ0) is 15.5. The van der Waals surface area contributed by atoms with Crippen LogP contribution in [-0.4, -0.2) is 31.7 Å². The number of hydrogen-bond acceptors (Lipinski definition) is 4. The molecule has 1 N–H and O–H groups in total. The molecule has 1 aliphatic heterocycles. The van der Waals surface area contributed by atoms with Gasteiger partial charge in [0.15, 0.2) is 0 Å². The molecule has 1 amide bonds. The highest BCUT2D eigenvalue weighted by Crippen LogP contribution is 2.23. The van der Waals surface area contributed by atoms with Crippen LogP contribution >= 0.6 is 0 Å². The zero-order valence-corrected chi connectivity index (χ0v) is 12.7. The third-order valence-electron chi connectivity index (χ3n) is 3.67. The topological polar surface area (TPSA) is 65.4 Å². The largest absolute Gasteiger partial charge is 0.377 e. The summed E-state index contributed by atoms with van der Waals surface area (Å²) in [6.45, 7) is 7.67. The van der Waals surface area contributed by atoms with Crippen LogP contribution in [0, 0.1) is 16.7 Å². The van der Waals surface area contributed by atoms with E-state index in [2.05, 4.69) is 17.1 Å². The molecule has 5 nitrogen and oxygen atoms in total. The van der Waals surface area contributed by atoms with Gasteiger partial charge in [-0.2, -0.15) is 5.26 Å². The summed E-state index contributed by atoms with van der Waals surface area (Å²) in [5.41, 5.74) is 0.786. The Morgan fingerprint density at radius 1 is 1.43 bits per heavy atom. The summed E-state index contributed by atoms with van der Waals surface area (Å²) in [6, 6.07) is 10.0. The number of morpholine rings is 1. The Hall–Kier alpha value is -2.06. The minimum atomic E-state index is -1.03. The van der Waals surface area contributed by atoms with Crippen molar-refractivity contribution in [3.63, 3.8) is 0 Å². The van der Waals surface area contributed by atoms with E-state index in [9.17, 15) is 4.79 Å². The van der Waals surface area contributed by atoms with Gasteiger partial charge in [-0.05, 0) is 45.0 Å². The molecule has 0 radical (unpaired) electrons. The molecule has 0 aliphatic carbocycles. The first-order chi connectivity index (χ1) is 9.94. The van der Waals surface area contributed by atoms with Crippen molar-refractivity contribution in [2.24, 2.45) is 5.41 Å². The Bertz CT molecular complexity index is 546. The minimum absolute atomic E-state index is 0.294. The highest BCUT2D eigenvalue weighted by molar-refractivity contribution is 5.96. The summed E-state index contributed by atoms with van der Waals surface area (Å²) in [7, 11) is 0. The predicted molar refractivity (Wildman–Crippen MR) is 82.1 cm³/mol. The first-order valence-corrected chi connectivity index (χ1v) is 7.11. The summed E-state index contributed by atoms with van der Waals surface area (Å²) in [4.78, 5) is 14.2. The van der Waals surface area contributed by atoms with Gasteiger partial charge in [-0.1, -0.05) is 0 Å². The van der Waals surface area contributed by atoms with Crippen molar-refractivity contribution in [2.75, 3.05) is 30.0 Å². The molecule has 1 fully saturated rings. The molecule has 1 unspecified atom stereocenters. The lowest BCUT2D eigenvalue weighted by molar-refractivity contribution is -0.121. The second-order valence-corrected chi connectivity index (χ2v) is 5.86. The molecule has 1 aliphatic rings. The maximum Gasteiger partial charge on any atom is 0.244 e. The van der Waals surface area contributed by atoms with Gasteiger partial charge in [-0.15, -0.1) is 0 Å². The number of benzene rings is 1. The van der Waals surface area contributed by atoms with Crippen LogP contribution < -0.4 is 10.2 Å². The molecule has 0 bridgehead atoms. The molecule has 0 saturated carbocycles. The monoisotopic (exact) mass is 287 g/mol. The number of nitriles is 1. The SMILES string of the molecule is CC1COCCN1c1ccc(NC(=O)C(C)(C)C#N)cc1. The van der Waals surface area contributed by atoms with E-state index in [0.717, 1.165) is 25.4 Å². The van der Waals surface area contributed by atoms with Crippen LogP contribution in [0.25, 0.3) is 0 Å². The molecule has 5 heteroatoms. The van der Waals surface area contributed by atoms with E-state index in [4.69, 9.17) is 10.00 Å². The van der Waals surface area contributed by atoms with Crippen LogP contribution in [0.3, 0.4) is 0 Å². The van der Waals surface area contributed by atoms with Crippen LogP contribution in [0.2, 0.25) is 0 Å². The number of hydrogen-bond donors (Lipinski definition) is 1. The molecule has 112 valence electrons. The molecule has 0 spiro atoms. The van der Waals surface area contributed by atoms with E-state index in [1.54, 1.807) is 13.8 Å². The Kier molecular flexibility index (Phi) is 4.49. The smallest absolute Gasteiger partial charge is 0.244 e. The Morgan fingerprint density at radius 2 is 2.10 bits per heavy atom. The molecule has 1 atom stereocenters. The van der Waals surface area contributed by atoms with E-state index in [-0.39, 0.29) is 5.91 Å². The predicted octanol–water partition coefficient (Wildman–Crippen LogP) is 2.40. The number of anilines is 2. The highest BCUT2D eigenvalue weighted by Gasteiger charge is 2.27. The average Bonchev–Trinajstić information content (AvgIpc) is 2.48. The average molecular weight is 287 g/mol. The van der Waals surface area contributed by atoms with Crippen molar-refractivity contribution >= 4 is 17.3 Å². The van der Waals surface area contributed by atoms with E-state index in [1.165, 1.54) is 0 Å². The maximum absolute atomic E-state index is 11.9. The van der Waals surface area contributed by atoms with Gasteiger partial charge in [0.1, 0.15) is 5.41 Å². The summed E-state index contributed by atoms with van der Waals surface area (Å²) in [6.07, 6.45) is 0. The quantitative estimate of drug-likeness (QED) is 0.927. The van der Waals surface area contributed by atoms with Crippen molar-refractivity contribution in [1.82, 2.24) is 0 Å². The van der Waals surface area contributed by atoms with Gasteiger partial charge in [0.05, 0.1) is 19.3 Å². The van der Waals surface area contributed by atoms with Crippen LogP contribution in [0.1, 0.15) is 20.8 Å². The molecular formula is C16H21N3O2. The fourth-order valence-electron chi connectivity index (χ4n) is 2.19. The van der Waals surface area contributed by atoms with Gasteiger partial charge < -0.3 is 15.0 Å². The van der Waals surface area contributed by atoms with Crippen LogP contribution in [-0.2, 0) is 9.53 Å². The van der Waals surface area contributed by atoms with Gasteiger partial charge in [0, 0.05) is 24.0 Å². The van der Waals surface area contributed by atoms with E-state index < -0.39 is 5.41 Å². The highest BCUT2D eigenvalue weighted by atomic mass is 16.5. The van der Waals surface area contributed by atoms with E-state index >= 15 is 0 Å². The van der Waals surface area contributed by atoms with Gasteiger partial charge in [-0.3, -0.25) is 4.79 Å². The molecule has 2 rings (SSSR count). The Balaban J connectivity index is 2.06.